The minimum atomic E-state index is -0.422. The van der Waals surface area contributed by atoms with Crippen LogP contribution >= 0.6 is 0 Å². The van der Waals surface area contributed by atoms with E-state index in [1.807, 2.05) is 0 Å². The topological polar surface area (TPSA) is 70.1 Å². The monoisotopic (exact) mass is 284 g/mol. The Morgan fingerprint density at radius 1 is 1.19 bits per heavy atom. The molecule has 2 rings (SSSR count). The summed E-state index contributed by atoms with van der Waals surface area (Å²) >= 11 is 0. The second kappa shape index (κ2) is 6.22. The van der Waals surface area contributed by atoms with Crippen molar-refractivity contribution < 1.29 is 9.50 Å². The van der Waals surface area contributed by atoms with Crippen LogP contribution in [0.4, 0.5) is 4.39 Å². The van der Waals surface area contributed by atoms with Crippen LogP contribution in [0.5, 0.6) is 5.75 Å². The van der Waals surface area contributed by atoms with Crippen molar-refractivity contribution in [2.24, 2.45) is 5.73 Å². The first-order valence-corrected chi connectivity index (χ1v) is 6.57. The number of phenolic OH excluding ortho intramolecular Hbond substituents is 1. The zero-order chi connectivity index (χ0) is 15.4. The van der Waals surface area contributed by atoms with E-state index in [4.69, 9.17) is 11.1 Å². The van der Waals surface area contributed by atoms with Gasteiger partial charge in [-0.15, -0.1) is 0 Å². The zero-order valence-electron chi connectivity index (χ0n) is 11.6. The number of rotatable bonds is 5. The fourth-order valence-electron chi connectivity index (χ4n) is 2.04. The van der Waals surface area contributed by atoms with Crippen LogP contribution in [-0.4, -0.2) is 10.8 Å². The molecule has 0 unspecified atom stereocenters. The van der Waals surface area contributed by atoms with Gasteiger partial charge in [-0.3, -0.25) is 0 Å². The molecule has 0 heterocycles. The number of nitrogens with one attached hydrogen (secondary N) is 1. The van der Waals surface area contributed by atoms with Gasteiger partial charge >= 0.3 is 0 Å². The molecule has 2 aromatic carbocycles. The molecule has 108 valence electrons. The number of aromatic hydroxyl groups is 1. The van der Waals surface area contributed by atoms with Crippen molar-refractivity contribution in [1.29, 1.82) is 5.41 Å². The Morgan fingerprint density at radius 3 is 2.57 bits per heavy atom. The predicted octanol–water partition coefficient (Wildman–Crippen LogP) is 3.82. The van der Waals surface area contributed by atoms with Gasteiger partial charge in [-0.05, 0) is 42.2 Å². The Hall–Kier alpha value is -2.62. The van der Waals surface area contributed by atoms with Gasteiger partial charge in [0.2, 0.25) is 0 Å². The number of allylic oxidation sites excluding steroid dienone is 1. The molecule has 3 nitrogen and oxygen atoms in total. The maximum atomic E-state index is 14.2. The molecule has 2 aromatic rings. The summed E-state index contributed by atoms with van der Waals surface area (Å²) in [7, 11) is 0. The van der Waals surface area contributed by atoms with E-state index < -0.39 is 5.82 Å². The fraction of sp³-hybridized carbons (Fsp3) is 0.118. The first kappa shape index (κ1) is 14.8. The van der Waals surface area contributed by atoms with Gasteiger partial charge in [0.15, 0.2) is 0 Å². The van der Waals surface area contributed by atoms with Crippen LogP contribution < -0.4 is 5.73 Å². The van der Waals surface area contributed by atoms with E-state index in [-0.39, 0.29) is 5.75 Å². The van der Waals surface area contributed by atoms with Gasteiger partial charge in [0.25, 0.3) is 0 Å². The molecule has 0 amide bonds. The molecule has 0 atom stereocenters. The van der Waals surface area contributed by atoms with Crippen LogP contribution in [0, 0.1) is 11.2 Å². The maximum Gasteiger partial charge on any atom is 0.131 e. The smallest absolute Gasteiger partial charge is 0.131 e. The maximum absolute atomic E-state index is 14.2. The molecule has 4 heteroatoms. The van der Waals surface area contributed by atoms with E-state index in [1.54, 1.807) is 24.3 Å². The molecule has 0 aliphatic heterocycles. The highest BCUT2D eigenvalue weighted by molar-refractivity contribution is 5.98. The summed E-state index contributed by atoms with van der Waals surface area (Å²) in [5.74, 6) is -0.334. The molecule has 0 saturated carbocycles. The van der Waals surface area contributed by atoms with Crippen LogP contribution in [-0.2, 0) is 0 Å². The number of halogens is 1. The second-order valence-electron chi connectivity index (χ2n) is 4.88. The van der Waals surface area contributed by atoms with Crippen LogP contribution in [0.25, 0.3) is 11.1 Å². The third kappa shape index (κ3) is 3.69. The quantitative estimate of drug-likeness (QED) is 0.730. The first-order valence-electron chi connectivity index (χ1n) is 6.57. The van der Waals surface area contributed by atoms with Gasteiger partial charge in [-0.2, -0.15) is 0 Å². The van der Waals surface area contributed by atoms with Crippen LogP contribution in [0.15, 0.2) is 54.7 Å². The standard InChI is InChI=1S/C17H17FN2O/c1-11(19)5-8-17(20)13-6-7-15(16(18)10-13)12-3-2-4-14(21)9-12/h2-4,6-7,9-10,20-21H,1,5,8,19H2. The van der Waals surface area contributed by atoms with E-state index in [1.165, 1.54) is 18.2 Å². The van der Waals surface area contributed by atoms with Gasteiger partial charge in [0.05, 0.1) is 0 Å². The SMILES string of the molecule is C=C(N)CCC(=N)c1ccc(-c2cccc(O)c2)c(F)c1. The Balaban J connectivity index is 2.25. The van der Waals surface area contributed by atoms with Crippen molar-refractivity contribution in [3.8, 4) is 16.9 Å². The lowest BCUT2D eigenvalue weighted by atomic mass is 9.99. The molecule has 21 heavy (non-hydrogen) atoms. The molecule has 0 bridgehead atoms. The highest BCUT2D eigenvalue weighted by atomic mass is 19.1. The van der Waals surface area contributed by atoms with E-state index in [0.29, 0.717) is 40.9 Å². The summed E-state index contributed by atoms with van der Waals surface area (Å²) in [4.78, 5) is 0. The summed E-state index contributed by atoms with van der Waals surface area (Å²) < 4.78 is 14.2. The van der Waals surface area contributed by atoms with Gasteiger partial charge in [-0.1, -0.05) is 30.8 Å². The lowest BCUT2D eigenvalue weighted by Gasteiger charge is -2.08. The van der Waals surface area contributed by atoms with Gasteiger partial charge in [0.1, 0.15) is 11.6 Å². The first-order chi connectivity index (χ1) is 9.97. The van der Waals surface area contributed by atoms with Gasteiger partial charge in [-0.25, -0.2) is 4.39 Å². The molecule has 4 N–H and O–H groups in total. The van der Waals surface area contributed by atoms with Crippen molar-refractivity contribution in [2.45, 2.75) is 12.8 Å². The molecule has 0 saturated heterocycles. The van der Waals surface area contributed by atoms with E-state index >= 15 is 0 Å². The molecule has 0 aromatic heterocycles. The summed E-state index contributed by atoms with van der Waals surface area (Å²) in [6, 6.07) is 11.1. The van der Waals surface area contributed by atoms with Crippen LogP contribution in [0.3, 0.4) is 0 Å². The lowest BCUT2D eigenvalue weighted by molar-refractivity contribution is 0.475. The summed E-state index contributed by atoms with van der Waals surface area (Å²) in [6.07, 6.45) is 0.939. The Labute approximate surface area is 123 Å². The van der Waals surface area contributed by atoms with Crippen molar-refractivity contribution >= 4 is 5.71 Å². The largest absolute Gasteiger partial charge is 0.508 e. The minimum Gasteiger partial charge on any atom is -0.508 e. The molecule has 0 aliphatic rings. The summed E-state index contributed by atoms with van der Waals surface area (Å²) in [6.45, 7) is 3.58. The zero-order valence-corrected chi connectivity index (χ0v) is 11.6. The van der Waals surface area contributed by atoms with E-state index in [0.717, 1.165) is 0 Å². The van der Waals surface area contributed by atoms with Crippen molar-refractivity contribution in [1.82, 2.24) is 0 Å². The molecular formula is C17H17FN2O. The predicted molar refractivity (Wildman–Crippen MR) is 82.9 cm³/mol. The number of nitrogens with two attached hydrogens (primary N) is 1. The minimum absolute atomic E-state index is 0.0881. The Bertz CT molecular complexity index is 695. The van der Waals surface area contributed by atoms with Crippen molar-refractivity contribution in [2.75, 3.05) is 0 Å². The number of hydrogen-bond donors (Lipinski definition) is 3. The second-order valence-corrected chi connectivity index (χ2v) is 4.88. The van der Waals surface area contributed by atoms with Crippen LogP contribution in [0.2, 0.25) is 0 Å². The summed E-state index contributed by atoms with van der Waals surface area (Å²) in [5, 5.41) is 17.4. The van der Waals surface area contributed by atoms with Crippen molar-refractivity contribution in [3.05, 3.63) is 66.1 Å². The van der Waals surface area contributed by atoms with Gasteiger partial charge in [0, 0.05) is 17.0 Å². The van der Waals surface area contributed by atoms with Crippen molar-refractivity contribution in [3.63, 3.8) is 0 Å². The molecule has 0 fully saturated rings. The third-order valence-corrected chi connectivity index (χ3v) is 3.17. The highest BCUT2D eigenvalue weighted by Crippen LogP contribution is 2.26. The molecular weight excluding hydrogens is 267 g/mol. The molecule has 0 spiro atoms. The average Bonchev–Trinajstić information content (AvgIpc) is 2.44. The normalized spacial score (nSPS) is 10.3. The highest BCUT2D eigenvalue weighted by Gasteiger charge is 2.09. The third-order valence-electron chi connectivity index (χ3n) is 3.17. The number of benzene rings is 2. The average molecular weight is 284 g/mol. The number of phenols is 1. The molecule has 0 aliphatic carbocycles. The molecule has 0 radical (unpaired) electrons. The van der Waals surface area contributed by atoms with Crippen LogP contribution in [0.1, 0.15) is 18.4 Å². The summed E-state index contributed by atoms with van der Waals surface area (Å²) in [5.41, 5.74) is 7.82. The lowest BCUT2D eigenvalue weighted by Crippen LogP contribution is -2.03. The fourth-order valence-corrected chi connectivity index (χ4v) is 2.04. The van der Waals surface area contributed by atoms with E-state index in [2.05, 4.69) is 6.58 Å². The van der Waals surface area contributed by atoms with Gasteiger partial charge < -0.3 is 16.2 Å². The number of hydrogen-bond acceptors (Lipinski definition) is 3. The Morgan fingerprint density at radius 2 is 1.95 bits per heavy atom. The van der Waals surface area contributed by atoms with E-state index in [9.17, 15) is 9.50 Å². The Kier molecular flexibility index (Phi) is 4.38.